The maximum absolute atomic E-state index is 13.0. The minimum absolute atomic E-state index is 0.0257. The first kappa shape index (κ1) is 21.6. The van der Waals surface area contributed by atoms with Crippen molar-refractivity contribution < 1.29 is 14.4 Å². The summed E-state index contributed by atoms with van der Waals surface area (Å²) in [4.78, 5) is 44.8. The lowest BCUT2D eigenvalue weighted by Crippen LogP contribution is -2.44. The van der Waals surface area contributed by atoms with Gasteiger partial charge in [0, 0.05) is 49.2 Å². The van der Waals surface area contributed by atoms with Gasteiger partial charge < -0.3 is 15.1 Å². The number of fused-ring (bicyclic) bond motifs is 1. The second kappa shape index (κ2) is 8.98. The van der Waals surface area contributed by atoms with Crippen molar-refractivity contribution in [3.8, 4) is 0 Å². The van der Waals surface area contributed by atoms with Crippen molar-refractivity contribution in [2.75, 3.05) is 43.4 Å². The molecule has 2 aliphatic heterocycles. The molecule has 1 saturated heterocycles. The Balaban J connectivity index is 1.27. The average molecular weight is 447 g/mol. The van der Waals surface area contributed by atoms with Crippen molar-refractivity contribution >= 4 is 29.1 Å². The third kappa shape index (κ3) is 4.25. The number of benzene rings is 2. The summed E-state index contributed by atoms with van der Waals surface area (Å²) in [5, 5.41) is 2.91. The summed E-state index contributed by atoms with van der Waals surface area (Å²) in [7, 11) is 2.13. The van der Waals surface area contributed by atoms with Crippen LogP contribution in [-0.4, -0.2) is 66.8 Å². The largest absolute Gasteiger partial charge is 0.369 e. The minimum atomic E-state index is -0.290. The van der Waals surface area contributed by atoms with Crippen LogP contribution in [0.15, 0.2) is 42.5 Å². The highest BCUT2D eigenvalue weighted by molar-refractivity contribution is 6.22. The Morgan fingerprint density at radius 3 is 2.21 bits per heavy atom. The first-order valence-electron chi connectivity index (χ1n) is 11.9. The molecule has 1 aliphatic carbocycles. The van der Waals surface area contributed by atoms with Gasteiger partial charge in [-0.05, 0) is 62.4 Å². The number of hydrogen-bond donors (Lipinski definition) is 1. The third-order valence-electron chi connectivity index (χ3n) is 7.11. The zero-order chi connectivity index (χ0) is 22.9. The standard InChI is InChI=1S/C26H30N4O3/c1-28-13-15-29(16-14-28)20-10-8-19(9-11-20)27-24(31)18-7-12-22-23(17-18)26(33)30(25(22)32)21-5-3-2-4-6-21/h7-12,17,21H,2-6,13-16H2,1H3,(H,27,31). The molecule has 3 aliphatic rings. The summed E-state index contributed by atoms with van der Waals surface area (Å²) >= 11 is 0. The first-order chi connectivity index (χ1) is 16.0. The lowest BCUT2D eigenvalue weighted by atomic mass is 9.94. The number of nitrogens with zero attached hydrogens (tertiary/aromatic N) is 3. The monoisotopic (exact) mass is 446 g/mol. The van der Waals surface area contributed by atoms with Gasteiger partial charge >= 0.3 is 0 Å². The summed E-state index contributed by atoms with van der Waals surface area (Å²) in [5.74, 6) is -0.789. The molecule has 0 unspecified atom stereocenters. The van der Waals surface area contributed by atoms with Gasteiger partial charge in [0.25, 0.3) is 17.7 Å². The molecule has 7 heteroatoms. The maximum atomic E-state index is 13.0. The van der Waals surface area contributed by atoms with Crippen LogP contribution in [0.25, 0.3) is 0 Å². The van der Waals surface area contributed by atoms with E-state index in [-0.39, 0.29) is 23.8 Å². The molecule has 0 aromatic heterocycles. The van der Waals surface area contributed by atoms with Crippen LogP contribution < -0.4 is 10.2 Å². The molecular formula is C26H30N4O3. The van der Waals surface area contributed by atoms with E-state index in [2.05, 4.69) is 22.2 Å². The van der Waals surface area contributed by atoms with Gasteiger partial charge in [-0.15, -0.1) is 0 Å². The molecule has 3 amide bonds. The fraction of sp³-hybridized carbons (Fsp3) is 0.423. The van der Waals surface area contributed by atoms with E-state index in [0.29, 0.717) is 22.4 Å². The van der Waals surface area contributed by atoms with Crippen molar-refractivity contribution in [1.29, 1.82) is 0 Å². The number of likely N-dealkylation sites (N-methyl/N-ethyl adjacent to an activating group) is 1. The van der Waals surface area contributed by atoms with Crippen molar-refractivity contribution in [2.45, 2.75) is 38.1 Å². The Morgan fingerprint density at radius 1 is 0.848 bits per heavy atom. The number of carbonyl (C=O) groups excluding carboxylic acids is 3. The molecular weight excluding hydrogens is 416 g/mol. The molecule has 1 N–H and O–H groups in total. The highest BCUT2D eigenvalue weighted by atomic mass is 16.2. The van der Waals surface area contributed by atoms with E-state index >= 15 is 0 Å². The van der Waals surface area contributed by atoms with Crippen LogP contribution in [0.2, 0.25) is 0 Å². The highest BCUT2D eigenvalue weighted by Crippen LogP contribution is 2.31. The van der Waals surface area contributed by atoms with Gasteiger partial charge in [-0.1, -0.05) is 19.3 Å². The maximum Gasteiger partial charge on any atom is 0.261 e. The number of piperazine rings is 1. The zero-order valence-corrected chi connectivity index (χ0v) is 19.0. The molecule has 2 aromatic carbocycles. The fourth-order valence-corrected chi connectivity index (χ4v) is 5.10. The number of imide groups is 1. The Hall–Kier alpha value is -3.19. The Morgan fingerprint density at radius 2 is 1.52 bits per heavy atom. The molecule has 2 aromatic rings. The average Bonchev–Trinajstić information content (AvgIpc) is 3.10. The van der Waals surface area contributed by atoms with Crippen LogP contribution in [-0.2, 0) is 0 Å². The van der Waals surface area contributed by atoms with E-state index in [9.17, 15) is 14.4 Å². The van der Waals surface area contributed by atoms with E-state index in [4.69, 9.17) is 0 Å². The van der Waals surface area contributed by atoms with Gasteiger partial charge in [0.15, 0.2) is 0 Å². The summed E-state index contributed by atoms with van der Waals surface area (Å²) < 4.78 is 0. The number of nitrogens with one attached hydrogen (secondary N) is 1. The third-order valence-corrected chi connectivity index (χ3v) is 7.11. The van der Waals surface area contributed by atoms with Crippen LogP contribution in [0.4, 0.5) is 11.4 Å². The molecule has 0 atom stereocenters. The van der Waals surface area contributed by atoms with Crippen molar-refractivity contribution in [1.82, 2.24) is 9.80 Å². The molecule has 2 fully saturated rings. The van der Waals surface area contributed by atoms with Gasteiger partial charge in [0.2, 0.25) is 0 Å². The van der Waals surface area contributed by atoms with Crippen LogP contribution in [0, 0.1) is 0 Å². The summed E-state index contributed by atoms with van der Waals surface area (Å²) in [6.45, 7) is 4.05. The molecule has 7 nitrogen and oxygen atoms in total. The Kier molecular flexibility index (Phi) is 5.89. The predicted octanol–water partition coefficient (Wildman–Crippen LogP) is 3.62. The van der Waals surface area contributed by atoms with Gasteiger partial charge in [-0.2, -0.15) is 0 Å². The van der Waals surface area contributed by atoms with Crippen molar-refractivity contribution in [2.24, 2.45) is 0 Å². The van der Waals surface area contributed by atoms with Crippen LogP contribution in [0.5, 0.6) is 0 Å². The number of anilines is 2. The number of amides is 3. The number of carbonyl (C=O) groups is 3. The fourth-order valence-electron chi connectivity index (χ4n) is 5.10. The predicted molar refractivity (Wildman–Crippen MR) is 128 cm³/mol. The Bertz CT molecular complexity index is 1070. The summed E-state index contributed by atoms with van der Waals surface area (Å²) in [6, 6.07) is 12.6. The molecule has 5 rings (SSSR count). The lowest BCUT2D eigenvalue weighted by Gasteiger charge is -2.34. The SMILES string of the molecule is CN1CCN(c2ccc(NC(=O)c3ccc4c(c3)C(=O)N(C3CCCCC3)C4=O)cc2)CC1. The lowest BCUT2D eigenvalue weighted by molar-refractivity contribution is 0.0549. The van der Waals surface area contributed by atoms with E-state index in [1.54, 1.807) is 18.2 Å². The Labute approximate surface area is 194 Å². The van der Waals surface area contributed by atoms with E-state index in [1.165, 1.54) is 4.90 Å². The zero-order valence-electron chi connectivity index (χ0n) is 19.0. The highest BCUT2D eigenvalue weighted by Gasteiger charge is 2.40. The quantitative estimate of drug-likeness (QED) is 0.727. The van der Waals surface area contributed by atoms with Crippen LogP contribution >= 0.6 is 0 Å². The van der Waals surface area contributed by atoms with Crippen LogP contribution in [0.3, 0.4) is 0 Å². The van der Waals surface area contributed by atoms with Gasteiger partial charge in [-0.3, -0.25) is 19.3 Å². The van der Waals surface area contributed by atoms with Crippen LogP contribution in [0.1, 0.15) is 63.2 Å². The first-order valence-corrected chi connectivity index (χ1v) is 11.9. The number of hydrogen-bond acceptors (Lipinski definition) is 5. The normalized spacial score (nSPS) is 19.7. The molecule has 0 radical (unpaired) electrons. The molecule has 0 bridgehead atoms. The van der Waals surface area contributed by atoms with Gasteiger partial charge in [-0.25, -0.2) is 0 Å². The smallest absolute Gasteiger partial charge is 0.261 e. The second-order valence-electron chi connectivity index (χ2n) is 9.32. The second-order valence-corrected chi connectivity index (χ2v) is 9.32. The van der Waals surface area contributed by atoms with E-state index in [0.717, 1.165) is 64.0 Å². The molecule has 172 valence electrons. The van der Waals surface area contributed by atoms with Gasteiger partial charge in [0.1, 0.15) is 0 Å². The van der Waals surface area contributed by atoms with Crippen molar-refractivity contribution in [3.05, 3.63) is 59.2 Å². The van der Waals surface area contributed by atoms with Gasteiger partial charge in [0.05, 0.1) is 11.1 Å². The summed E-state index contributed by atoms with van der Waals surface area (Å²) in [5.41, 5.74) is 2.96. The van der Waals surface area contributed by atoms with E-state index in [1.807, 2.05) is 24.3 Å². The molecule has 33 heavy (non-hydrogen) atoms. The van der Waals surface area contributed by atoms with Crippen molar-refractivity contribution in [3.63, 3.8) is 0 Å². The molecule has 1 saturated carbocycles. The molecule has 2 heterocycles. The van der Waals surface area contributed by atoms with E-state index < -0.39 is 0 Å². The molecule has 0 spiro atoms. The number of rotatable bonds is 4. The summed E-state index contributed by atoms with van der Waals surface area (Å²) in [6.07, 6.45) is 4.96. The minimum Gasteiger partial charge on any atom is -0.369 e. The topological polar surface area (TPSA) is 73.0 Å².